The van der Waals surface area contributed by atoms with Crippen LogP contribution in [0.1, 0.15) is 27.2 Å². The number of nitrogens with two attached hydrogens (primary N) is 1. The topological polar surface area (TPSA) is 61.0 Å². The van der Waals surface area contributed by atoms with Crippen molar-refractivity contribution in [2.45, 2.75) is 32.8 Å². The van der Waals surface area contributed by atoms with Crippen molar-refractivity contribution in [2.75, 3.05) is 5.73 Å². The third-order valence-corrected chi connectivity index (χ3v) is 2.79. The first-order valence-electron chi connectivity index (χ1n) is 5.73. The van der Waals surface area contributed by atoms with Crippen LogP contribution in [-0.4, -0.2) is 15.6 Å². The molecule has 0 aliphatic carbocycles. The van der Waals surface area contributed by atoms with E-state index in [2.05, 4.69) is 16.9 Å². The lowest BCUT2D eigenvalue weighted by Crippen LogP contribution is -2.28. The Morgan fingerprint density at radius 2 is 1.76 bits per heavy atom. The fourth-order valence-corrected chi connectivity index (χ4v) is 1.41. The van der Waals surface area contributed by atoms with Crippen LogP contribution < -0.4 is 10.5 Å². The fraction of sp³-hybridized carbons (Fsp3) is 0.385. The first kappa shape index (κ1) is 11.6. The van der Waals surface area contributed by atoms with Crippen molar-refractivity contribution in [3.05, 3.63) is 24.3 Å². The van der Waals surface area contributed by atoms with Crippen molar-refractivity contribution in [3.8, 4) is 5.88 Å². The number of nitrogen functional groups attached to an aromatic ring is 1. The standard InChI is InChI=1S/C13H17N3O/c1-4-13(2,3)17-12-11(14)15-9-7-5-6-8-10(9)16-12/h5-8H,4H2,1-3H3,(H2,14,15). The van der Waals surface area contributed by atoms with Gasteiger partial charge in [0.1, 0.15) is 5.60 Å². The molecule has 17 heavy (non-hydrogen) atoms. The van der Waals surface area contributed by atoms with Gasteiger partial charge in [-0.2, -0.15) is 0 Å². The molecule has 0 aliphatic heterocycles. The second kappa shape index (κ2) is 4.20. The molecule has 2 aromatic rings. The molecule has 4 nitrogen and oxygen atoms in total. The van der Waals surface area contributed by atoms with E-state index in [1.807, 2.05) is 38.1 Å². The van der Waals surface area contributed by atoms with E-state index in [1.54, 1.807) is 0 Å². The molecule has 0 bridgehead atoms. The van der Waals surface area contributed by atoms with Gasteiger partial charge in [0, 0.05) is 0 Å². The molecule has 0 radical (unpaired) electrons. The summed E-state index contributed by atoms with van der Waals surface area (Å²) in [5, 5.41) is 0. The number of aromatic nitrogens is 2. The number of anilines is 1. The summed E-state index contributed by atoms with van der Waals surface area (Å²) in [5.74, 6) is 0.751. The molecule has 0 spiro atoms. The summed E-state index contributed by atoms with van der Waals surface area (Å²) in [6, 6.07) is 7.61. The zero-order valence-corrected chi connectivity index (χ0v) is 10.4. The lowest BCUT2D eigenvalue weighted by atomic mass is 10.1. The van der Waals surface area contributed by atoms with Crippen molar-refractivity contribution in [1.29, 1.82) is 0 Å². The summed E-state index contributed by atoms with van der Waals surface area (Å²) in [5.41, 5.74) is 7.14. The van der Waals surface area contributed by atoms with Crippen molar-refractivity contribution in [2.24, 2.45) is 0 Å². The van der Waals surface area contributed by atoms with Crippen LogP contribution in [0.25, 0.3) is 11.0 Å². The zero-order valence-electron chi connectivity index (χ0n) is 10.4. The Hall–Kier alpha value is -1.84. The minimum absolute atomic E-state index is 0.286. The molecule has 0 saturated carbocycles. The molecule has 2 rings (SSSR count). The Labute approximate surface area is 101 Å². The highest BCUT2D eigenvalue weighted by molar-refractivity contribution is 5.76. The normalized spacial score (nSPS) is 11.7. The van der Waals surface area contributed by atoms with Crippen molar-refractivity contribution in [3.63, 3.8) is 0 Å². The number of nitrogens with zero attached hydrogens (tertiary/aromatic N) is 2. The lowest BCUT2D eigenvalue weighted by molar-refractivity contribution is 0.100. The Kier molecular flexibility index (Phi) is 2.88. The third-order valence-electron chi connectivity index (χ3n) is 2.79. The summed E-state index contributed by atoms with van der Waals surface area (Å²) >= 11 is 0. The highest BCUT2D eigenvalue weighted by atomic mass is 16.5. The van der Waals surface area contributed by atoms with Gasteiger partial charge >= 0.3 is 0 Å². The van der Waals surface area contributed by atoms with Crippen LogP contribution in [0.4, 0.5) is 5.82 Å². The molecule has 1 aromatic heterocycles. The van der Waals surface area contributed by atoms with E-state index in [4.69, 9.17) is 10.5 Å². The largest absolute Gasteiger partial charge is 0.469 e. The van der Waals surface area contributed by atoms with Gasteiger partial charge in [0.2, 0.25) is 0 Å². The average molecular weight is 231 g/mol. The first-order chi connectivity index (χ1) is 8.02. The van der Waals surface area contributed by atoms with E-state index in [1.165, 1.54) is 0 Å². The lowest BCUT2D eigenvalue weighted by Gasteiger charge is -2.24. The Bertz CT molecular complexity index is 537. The Morgan fingerprint density at radius 3 is 2.35 bits per heavy atom. The molecule has 1 aromatic carbocycles. The molecule has 0 aliphatic rings. The van der Waals surface area contributed by atoms with Crippen LogP contribution >= 0.6 is 0 Å². The van der Waals surface area contributed by atoms with Gasteiger partial charge in [-0.05, 0) is 32.4 Å². The molecule has 1 heterocycles. The van der Waals surface area contributed by atoms with Gasteiger partial charge in [0.15, 0.2) is 5.82 Å². The van der Waals surface area contributed by atoms with Gasteiger partial charge in [-0.3, -0.25) is 0 Å². The minimum atomic E-state index is -0.286. The van der Waals surface area contributed by atoms with Crippen LogP contribution in [-0.2, 0) is 0 Å². The third kappa shape index (κ3) is 2.46. The monoisotopic (exact) mass is 231 g/mol. The summed E-state index contributed by atoms with van der Waals surface area (Å²) in [6.07, 6.45) is 0.876. The van der Waals surface area contributed by atoms with Crippen LogP contribution in [0.5, 0.6) is 5.88 Å². The summed E-state index contributed by atoms with van der Waals surface area (Å²) in [6.45, 7) is 6.07. The molecule has 0 fully saturated rings. The minimum Gasteiger partial charge on any atom is -0.469 e. The maximum Gasteiger partial charge on any atom is 0.258 e. The van der Waals surface area contributed by atoms with Crippen LogP contribution in [0, 0.1) is 0 Å². The number of fused-ring (bicyclic) bond motifs is 1. The number of ether oxygens (including phenoxy) is 1. The number of benzene rings is 1. The maximum absolute atomic E-state index is 5.85. The van der Waals surface area contributed by atoms with Crippen molar-refractivity contribution >= 4 is 16.9 Å². The molecule has 0 saturated heterocycles. The van der Waals surface area contributed by atoms with E-state index in [0.29, 0.717) is 11.7 Å². The van der Waals surface area contributed by atoms with E-state index < -0.39 is 0 Å². The highest BCUT2D eigenvalue weighted by Crippen LogP contribution is 2.25. The van der Waals surface area contributed by atoms with Crippen LogP contribution in [0.3, 0.4) is 0 Å². The first-order valence-corrected chi connectivity index (χ1v) is 5.73. The molecule has 2 N–H and O–H groups in total. The SMILES string of the molecule is CCC(C)(C)Oc1nc2ccccc2nc1N. The van der Waals surface area contributed by atoms with Crippen LogP contribution in [0.2, 0.25) is 0 Å². The summed E-state index contributed by atoms with van der Waals surface area (Å²) in [7, 11) is 0. The molecule has 0 unspecified atom stereocenters. The Balaban J connectivity index is 2.44. The maximum atomic E-state index is 5.85. The number of para-hydroxylation sites is 2. The van der Waals surface area contributed by atoms with Gasteiger partial charge in [-0.1, -0.05) is 19.1 Å². The smallest absolute Gasteiger partial charge is 0.258 e. The molecule has 4 heteroatoms. The quantitative estimate of drug-likeness (QED) is 0.882. The Morgan fingerprint density at radius 1 is 1.18 bits per heavy atom. The molecule has 0 atom stereocenters. The molecule has 90 valence electrons. The molecular weight excluding hydrogens is 214 g/mol. The highest BCUT2D eigenvalue weighted by Gasteiger charge is 2.20. The van der Waals surface area contributed by atoms with E-state index >= 15 is 0 Å². The number of rotatable bonds is 3. The summed E-state index contributed by atoms with van der Waals surface area (Å²) < 4.78 is 5.79. The van der Waals surface area contributed by atoms with Crippen molar-refractivity contribution in [1.82, 2.24) is 9.97 Å². The van der Waals surface area contributed by atoms with Gasteiger partial charge in [-0.25, -0.2) is 9.97 Å². The fourth-order valence-electron chi connectivity index (χ4n) is 1.41. The second-order valence-electron chi connectivity index (χ2n) is 4.62. The van der Waals surface area contributed by atoms with Gasteiger partial charge < -0.3 is 10.5 Å². The van der Waals surface area contributed by atoms with E-state index in [-0.39, 0.29) is 5.60 Å². The predicted octanol–water partition coefficient (Wildman–Crippen LogP) is 2.78. The van der Waals surface area contributed by atoms with Crippen LogP contribution in [0.15, 0.2) is 24.3 Å². The number of hydrogen-bond acceptors (Lipinski definition) is 4. The van der Waals surface area contributed by atoms with Gasteiger partial charge in [0.05, 0.1) is 11.0 Å². The average Bonchev–Trinajstić information content (AvgIpc) is 2.30. The number of hydrogen-bond donors (Lipinski definition) is 1. The summed E-state index contributed by atoms with van der Waals surface area (Å²) in [4.78, 5) is 8.68. The predicted molar refractivity (Wildman–Crippen MR) is 68.9 cm³/mol. The zero-order chi connectivity index (χ0) is 12.5. The van der Waals surface area contributed by atoms with Crippen molar-refractivity contribution < 1.29 is 4.74 Å². The van der Waals surface area contributed by atoms with E-state index in [0.717, 1.165) is 17.5 Å². The molecule has 0 amide bonds. The second-order valence-corrected chi connectivity index (χ2v) is 4.62. The van der Waals surface area contributed by atoms with Gasteiger partial charge in [0.25, 0.3) is 5.88 Å². The van der Waals surface area contributed by atoms with E-state index in [9.17, 15) is 0 Å². The molecular formula is C13H17N3O. The van der Waals surface area contributed by atoms with Gasteiger partial charge in [-0.15, -0.1) is 0 Å².